The summed E-state index contributed by atoms with van der Waals surface area (Å²) in [7, 11) is 0. The number of aromatic nitrogens is 2. The Hall–Kier alpha value is -3.19. The normalized spacial score (nSPS) is 10.7. The number of aromatic amines is 1. The fourth-order valence-corrected chi connectivity index (χ4v) is 2.45. The minimum Gasteiger partial charge on any atom is -0.395 e. The number of H-pyrrole nitrogens is 1. The van der Waals surface area contributed by atoms with Gasteiger partial charge in [-0.2, -0.15) is 0 Å². The van der Waals surface area contributed by atoms with Gasteiger partial charge in [0.2, 0.25) is 0 Å². The van der Waals surface area contributed by atoms with Crippen molar-refractivity contribution in [2.75, 3.05) is 13.2 Å². The van der Waals surface area contributed by atoms with Crippen molar-refractivity contribution in [1.82, 2.24) is 14.9 Å². The second kappa shape index (κ2) is 6.51. The van der Waals surface area contributed by atoms with E-state index in [0.29, 0.717) is 22.3 Å². The molecule has 0 saturated carbocycles. The van der Waals surface area contributed by atoms with Gasteiger partial charge >= 0.3 is 11.1 Å². The van der Waals surface area contributed by atoms with E-state index in [4.69, 9.17) is 5.11 Å². The highest BCUT2D eigenvalue weighted by molar-refractivity contribution is 5.94. The van der Waals surface area contributed by atoms with E-state index in [1.165, 1.54) is 4.57 Å². The Morgan fingerprint density at radius 2 is 1.79 bits per heavy atom. The molecule has 1 aromatic heterocycles. The van der Waals surface area contributed by atoms with E-state index < -0.39 is 11.1 Å². The molecule has 0 bridgehead atoms. The number of aliphatic hydroxyl groups is 1. The maximum atomic E-state index is 12.3. The summed E-state index contributed by atoms with van der Waals surface area (Å²) < 4.78 is 1.31. The van der Waals surface area contributed by atoms with Crippen LogP contribution in [0.1, 0.15) is 10.4 Å². The number of fused-ring (bicyclic) bond motifs is 1. The molecule has 3 rings (SSSR count). The van der Waals surface area contributed by atoms with Gasteiger partial charge in [0.05, 0.1) is 17.6 Å². The average Bonchev–Trinajstić information content (AvgIpc) is 2.61. The first kappa shape index (κ1) is 15.7. The maximum absolute atomic E-state index is 12.3. The molecule has 0 radical (unpaired) electrons. The van der Waals surface area contributed by atoms with Crippen LogP contribution in [-0.2, 0) is 0 Å². The number of hydrogen-bond donors (Lipinski definition) is 3. The second-order valence-electron chi connectivity index (χ2n) is 5.14. The van der Waals surface area contributed by atoms with E-state index in [1.807, 2.05) is 0 Å². The zero-order valence-corrected chi connectivity index (χ0v) is 12.7. The fraction of sp³-hybridized carbons (Fsp3) is 0.118. The number of carbonyl (C=O) groups is 1. The minimum atomic E-state index is -0.710. The molecule has 0 atom stereocenters. The molecule has 1 amide bonds. The lowest BCUT2D eigenvalue weighted by Gasteiger charge is -2.10. The molecule has 1 heterocycles. The summed E-state index contributed by atoms with van der Waals surface area (Å²) >= 11 is 0. The summed E-state index contributed by atoms with van der Waals surface area (Å²) in [6.45, 7) is 0.0245. The molecule has 24 heavy (non-hydrogen) atoms. The molecular formula is C17H15N3O4. The Labute approximate surface area is 136 Å². The highest BCUT2D eigenvalue weighted by Gasteiger charge is 2.10. The summed E-state index contributed by atoms with van der Waals surface area (Å²) in [5.41, 5.74) is 0.603. The predicted molar refractivity (Wildman–Crippen MR) is 89.6 cm³/mol. The van der Waals surface area contributed by atoms with Crippen LogP contribution in [0.3, 0.4) is 0 Å². The molecule has 2 aromatic carbocycles. The molecule has 0 fully saturated rings. The predicted octanol–water partition coefficient (Wildman–Crippen LogP) is 0.401. The van der Waals surface area contributed by atoms with Crippen LogP contribution >= 0.6 is 0 Å². The number of para-hydroxylation sites is 2. The maximum Gasteiger partial charge on any atom is 0.321 e. The molecule has 0 aliphatic heterocycles. The molecule has 0 aliphatic carbocycles. The van der Waals surface area contributed by atoms with Crippen LogP contribution in [0.5, 0.6) is 0 Å². The topological polar surface area (TPSA) is 104 Å². The number of rotatable bonds is 4. The van der Waals surface area contributed by atoms with Crippen LogP contribution < -0.4 is 16.4 Å². The van der Waals surface area contributed by atoms with Gasteiger partial charge in [0.25, 0.3) is 5.91 Å². The number of benzene rings is 2. The van der Waals surface area contributed by atoms with Gasteiger partial charge in [0, 0.05) is 17.8 Å². The molecule has 3 aromatic rings. The molecule has 3 N–H and O–H groups in total. The number of nitrogens with one attached hydrogen (secondary N) is 2. The van der Waals surface area contributed by atoms with Gasteiger partial charge in [-0.05, 0) is 36.4 Å². The summed E-state index contributed by atoms with van der Waals surface area (Å²) in [6.07, 6.45) is 0. The first-order valence-corrected chi connectivity index (χ1v) is 7.35. The monoisotopic (exact) mass is 325 g/mol. The number of carbonyl (C=O) groups excluding carboxylic acids is 1. The molecule has 7 nitrogen and oxygen atoms in total. The highest BCUT2D eigenvalue weighted by atomic mass is 16.3. The van der Waals surface area contributed by atoms with Crippen molar-refractivity contribution < 1.29 is 9.90 Å². The third kappa shape index (κ3) is 2.84. The third-order valence-electron chi connectivity index (χ3n) is 3.58. The van der Waals surface area contributed by atoms with Crippen LogP contribution in [0.2, 0.25) is 0 Å². The van der Waals surface area contributed by atoms with Gasteiger partial charge in [0.15, 0.2) is 0 Å². The zero-order valence-electron chi connectivity index (χ0n) is 12.7. The number of amides is 1. The Morgan fingerprint density at radius 3 is 2.50 bits per heavy atom. The zero-order chi connectivity index (χ0) is 17.1. The van der Waals surface area contributed by atoms with E-state index in [2.05, 4.69) is 10.3 Å². The molecule has 0 unspecified atom stereocenters. The fourth-order valence-electron chi connectivity index (χ4n) is 2.45. The van der Waals surface area contributed by atoms with Gasteiger partial charge in [-0.3, -0.25) is 19.0 Å². The number of nitrogens with zero attached hydrogens (tertiary/aromatic N) is 1. The SMILES string of the molecule is O=C(NCCO)c1ccc(-n2c(=O)c(=O)[nH]c3ccccc32)cc1. The van der Waals surface area contributed by atoms with Gasteiger partial charge < -0.3 is 15.4 Å². The quantitative estimate of drug-likeness (QED) is 0.604. The van der Waals surface area contributed by atoms with E-state index in [-0.39, 0.29) is 19.1 Å². The lowest BCUT2D eigenvalue weighted by atomic mass is 10.2. The first-order chi connectivity index (χ1) is 11.6. The lowest BCUT2D eigenvalue weighted by molar-refractivity contribution is 0.0945. The minimum absolute atomic E-state index is 0.141. The van der Waals surface area contributed by atoms with Crippen LogP contribution in [0.25, 0.3) is 16.7 Å². The summed E-state index contributed by atoms with van der Waals surface area (Å²) in [4.78, 5) is 38.5. The van der Waals surface area contributed by atoms with Crippen molar-refractivity contribution in [3.8, 4) is 5.69 Å². The summed E-state index contributed by atoms with van der Waals surface area (Å²) in [6, 6.07) is 13.3. The Morgan fingerprint density at radius 1 is 1.08 bits per heavy atom. The molecule has 0 aliphatic rings. The largest absolute Gasteiger partial charge is 0.395 e. The number of aliphatic hydroxyl groups excluding tert-OH is 1. The molecule has 122 valence electrons. The van der Waals surface area contributed by atoms with Crippen LogP contribution in [-0.4, -0.2) is 33.7 Å². The third-order valence-corrected chi connectivity index (χ3v) is 3.58. The summed E-state index contributed by atoms with van der Waals surface area (Å²) in [5, 5.41) is 11.3. The standard InChI is InChI=1S/C17H15N3O4/c21-10-9-18-15(22)11-5-7-12(8-6-11)20-14-4-2-1-3-13(14)19-16(23)17(20)24/h1-8,21H,9-10H2,(H,18,22)(H,19,23). The molecule has 0 spiro atoms. The molecule has 7 heteroatoms. The highest BCUT2D eigenvalue weighted by Crippen LogP contribution is 2.14. The lowest BCUT2D eigenvalue weighted by Crippen LogP contribution is -2.35. The van der Waals surface area contributed by atoms with E-state index in [1.54, 1.807) is 48.5 Å². The van der Waals surface area contributed by atoms with Gasteiger partial charge in [-0.15, -0.1) is 0 Å². The number of hydrogen-bond acceptors (Lipinski definition) is 4. The second-order valence-corrected chi connectivity index (χ2v) is 5.14. The van der Waals surface area contributed by atoms with Crippen molar-refractivity contribution in [1.29, 1.82) is 0 Å². The van der Waals surface area contributed by atoms with Crippen LogP contribution in [0.15, 0.2) is 58.1 Å². The van der Waals surface area contributed by atoms with Crippen molar-refractivity contribution in [3.05, 3.63) is 74.8 Å². The summed E-state index contributed by atoms with van der Waals surface area (Å²) in [5.74, 6) is -0.321. The van der Waals surface area contributed by atoms with Crippen molar-refractivity contribution in [3.63, 3.8) is 0 Å². The van der Waals surface area contributed by atoms with E-state index >= 15 is 0 Å². The van der Waals surface area contributed by atoms with Crippen LogP contribution in [0.4, 0.5) is 0 Å². The Balaban J connectivity index is 2.08. The molecule has 0 saturated heterocycles. The van der Waals surface area contributed by atoms with Gasteiger partial charge in [-0.25, -0.2) is 0 Å². The average molecular weight is 325 g/mol. The van der Waals surface area contributed by atoms with Crippen molar-refractivity contribution in [2.24, 2.45) is 0 Å². The van der Waals surface area contributed by atoms with Gasteiger partial charge in [-0.1, -0.05) is 12.1 Å². The van der Waals surface area contributed by atoms with Crippen molar-refractivity contribution >= 4 is 16.9 Å². The van der Waals surface area contributed by atoms with E-state index in [0.717, 1.165) is 0 Å². The Kier molecular flexibility index (Phi) is 4.26. The smallest absolute Gasteiger partial charge is 0.321 e. The van der Waals surface area contributed by atoms with Crippen molar-refractivity contribution in [2.45, 2.75) is 0 Å². The molecular weight excluding hydrogens is 310 g/mol. The Bertz CT molecular complexity index is 1000. The first-order valence-electron chi connectivity index (χ1n) is 7.35. The van der Waals surface area contributed by atoms with E-state index in [9.17, 15) is 14.4 Å². The van der Waals surface area contributed by atoms with Crippen LogP contribution in [0, 0.1) is 0 Å². The van der Waals surface area contributed by atoms with Gasteiger partial charge in [0.1, 0.15) is 0 Å².